The largest absolute Gasteiger partial charge is 0.465 e. The lowest BCUT2D eigenvalue weighted by atomic mass is 9.86. The third kappa shape index (κ3) is 3.34. The van der Waals surface area contributed by atoms with Crippen molar-refractivity contribution >= 4 is 61.2 Å². The van der Waals surface area contributed by atoms with Crippen molar-refractivity contribution in [3.8, 4) is 0 Å². The molecule has 28 heavy (non-hydrogen) atoms. The van der Waals surface area contributed by atoms with E-state index in [4.69, 9.17) is 16.3 Å². The van der Waals surface area contributed by atoms with Gasteiger partial charge >= 0.3 is 5.97 Å². The Morgan fingerprint density at radius 1 is 1.29 bits per heavy atom. The molecule has 0 spiro atoms. The van der Waals surface area contributed by atoms with Crippen molar-refractivity contribution in [2.24, 2.45) is 5.92 Å². The van der Waals surface area contributed by atoms with Crippen LogP contribution in [0.15, 0.2) is 24.3 Å². The van der Waals surface area contributed by atoms with Crippen LogP contribution in [0.1, 0.15) is 50.2 Å². The van der Waals surface area contributed by atoms with Crippen molar-refractivity contribution in [1.29, 1.82) is 0 Å². The molecule has 3 aromatic rings. The average Bonchev–Trinajstić information content (AvgIpc) is 3.24. The molecule has 1 N–H and O–H groups in total. The highest BCUT2D eigenvalue weighted by Crippen LogP contribution is 2.42. The Morgan fingerprint density at radius 2 is 2.07 bits per heavy atom. The van der Waals surface area contributed by atoms with Crippen molar-refractivity contribution in [3.05, 3.63) is 50.2 Å². The van der Waals surface area contributed by atoms with E-state index in [1.165, 1.54) is 34.7 Å². The first kappa shape index (κ1) is 19.4. The van der Waals surface area contributed by atoms with Crippen LogP contribution in [0, 0.1) is 5.92 Å². The second-order valence-electron chi connectivity index (χ2n) is 6.91. The molecule has 0 bridgehead atoms. The molecule has 146 valence electrons. The van der Waals surface area contributed by atoms with Crippen LogP contribution in [0.5, 0.6) is 0 Å². The first-order valence-corrected chi connectivity index (χ1v) is 11.3. The first-order valence-electron chi connectivity index (χ1n) is 9.24. The lowest BCUT2D eigenvalue weighted by molar-refractivity contribution is 0.0601. The number of rotatable bonds is 4. The number of benzene rings is 1. The van der Waals surface area contributed by atoms with Crippen molar-refractivity contribution in [2.45, 2.75) is 32.6 Å². The highest BCUT2D eigenvalue weighted by Gasteiger charge is 2.30. The minimum absolute atomic E-state index is 0.290. The monoisotopic (exact) mass is 433 g/mol. The molecule has 0 radical (unpaired) electrons. The zero-order chi connectivity index (χ0) is 19.8. The number of carbonyl (C=O) groups excluding carboxylic acids is 2. The molecule has 1 atom stereocenters. The molecule has 4 nitrogen and oxygen atoms in total. The fourth-order valence-electron chi connectivity index (χ4n) is 3.73. The number of halogens is 1. The minimum atomic E-state index is -0.398. The smallest absolute Gasteiger partial charge is 0.341 e. The summed E-state index contributed by atoms with van der Waals surface area (Å²) in [7, 11) is 1.37. The van der Waals surface area contributed by atoms with Gasteiger partial charge in [0, 0.05) is 15.0 Å². The Balaban J connectivity index is 1.70. The molecule has 1 amide bonds. The van der Waals surface area contributed by atoms with Gasteiger partial charge in [-0.05, 0) is 36.8 Å². The Kier molecular flexibility index (Phi) is 5.45. The van der Waals surface area contributed by atoms with E-state index in [0.717, 1.165) is 41.3 Å². The summed E-state index contributed by atoms with van der Waals surface area (Å²) in [5.74, 6) is -0.0654. The summed E-state index contributed by atoms with van der Waals surface area (Å²) in [5, 5.41) is 4.81. The fraction of sp³-hybridized carbons (Fsp3) is 0.333. The van der Waals surface area contributed by atoms with Gasteiger partial charge in [0.1, 0.15) is 9.88 Å². The number of nitrogens with one attached hydrogen (secondary N) is 1. The number of anilines is 1. The van der Waals surface area contributed by atoms with Crippen LogP contribution in [0.2, 0.25) is 5.02 Å². The van der Waals surface area contributed by atoms with Crippen LogP contribution in [-0.4, -0.2) is 19.0 Å². The van der Waals surface area contributed by atoms with E-state index in [-0.39, 0.29) is 5.91 Å². The maximum atomic E-state index is 13.0. The maximum Gasteiger partial charge on any atom is 0.341 e. The molecular weight excluding hydrogens is 414 g/mol. The number of fused-ring (bicyclic) bond motifs is 2. The third-order valence-electron chi connectivity index (χ3n) is 5.30. The Bertz CT molecular complexity index is 1070. The highest BCUT2D eigenvalue weighted by atomic mass is 35.5. The molecule has 2 aromatic heterocycles. The van der Waals surface area contributed by atoms with Crippen molar-refractivity contribution < 1.29 is 14.3 Å². The van der Waals surface area contributed by atoms with E-state index in [9.17, 15) is 9.59 Å². The summed E-state index contributed by atoms with van der Waals surface area (Å²) in [6.45, 7) is 2.19. The molecule has 1 aliphatic rings. The normalized spacial score (nSPS) is 16.0. The topological polar surface area (TPSA) is 55.4 Å². The van der Waals surface area contributed by atoms with Gasteiger partial charge in [-0.25, -0.2) is 4.79 Å². The highest BCUT2D eigenvalue weighted by molar-refractivity contribution is 7.22. The Labute approximate surface area is 176 Å². The van der Waals surface area contributed by atoms with E-state index in [0.29, 0.717) is 26.4 Å². The van der Waals surface area contributed by atoms with Crippen LogP contribution in [0.25, 0.3) is 10.1 Å². The number of carbonyl (C=O) groups is 2. The van der Waals surface area contributed by atoms with E-state index in [1.54, 1.807) is 0 Å². The molecule has 7 heteroatoms. The van der Waals surface area contributed by atoms with E-state index in [1.807, 2.05) is 24.3 Å². The molecule has 0 saturated carbocycles. The molecule has 0 unspecified atom stereocenters. The predicted octanol–water partition coefficient (Wildman–Crippen LogP) is 6.17. The molecule has 1 aliphatic carbocycles. The summed E-state index contributed by atoms with van der Waals surface area (Å²) in [5.41, 5.74) is 1.53. The Morgan fingerprint density at radius 3 is 2.79 bits per heavy atom. The van der Waals surface area contributed by atoms with Gasteiger partial charge < -0.3 is 10.1 Å². The third-order valence-corrected chi connectivity index (χ3v) is 8.15. The average molecular weight is 434 g/mol. The summed E-state index contributed by atoms with van der Waals surface area (Å²) in [6, 6.07) is 7.66. The second kappa shape index (κ2) is 7.85. The molecule has 0 aliphatic heterocycles. The van der Waals surface area contributed by atoms with Gasteiger partial charge in [0.15, 0.2) is 0 Å². The maximum absolute atomic E-state index is 13.0. The fourth-order valence-corrected chi connectivity index (χ4v) is 6.49. The second-order valence-corrected chi connectivity index (χ2v) is 9.45. The predicted molar refractivity (Wildman–Crippen MR) is 116 cm³/mol. The van der Waals surface area contributed by atoms with Crippen molar-refractivity contribution in [3.63, 3.8) is 0 Å². The van der Waals surface area contributed by atoms with Crippen molar-refractivity contribution in [2.75, 3.05) is 12.4 Å². The number of ether oxygens (including phenoxy) is 1. The van der Waals surface area contributed by atoms with Gasteiger partial charge in [-0.3, -0.25) is 4.79 Å². The Hall–Kier alpha value is -1.89. The SMILES string of the molecule is CC[C@H]1CCc2c(sc(NC(=O)c3sc4ccccc4c3Cl)c2C(=O)OC)C1. The number of amides is 1. The molecule has 4 rings (SSSR count). The van der Waals surface area contributed by atoms with Crippen LogP contribution in [-0.2, 0) is 17.6 Å². The number of hydrogen-bond acceptors (Lipinski definition) is 5. The summed E-state index contributed by atoms with van der Waals surface area (Å²) in [6.07, 6.45) is 3.96. The first-order chi connectivity index (χ1) is 13.5. The summed E-state index contributed by atoms with van der Waals surface area (Å²) in [4.78, 5) is 27.1. The molecular formula is C21H20ClNO3S2. The number of methoxy groups -OCH3 is 1. The van der Waals surface area contributed by atoms with Gasteiger partial charge in [0.05, 0.1) is 17.7 Å². The molecule has 1 aromatic carbocycles. The quantitative estimate of drug-likeness (QED) is 0.500. The lowest BCUT2D eigenvalue weighted by Crippen LogP contribution is -2.16. The van der Waals surface area contributed by atoms with E-state index < -0.39 is 5.97 Å². The number of hydrogen-bond donors (Lipinski definition) is 1. The van der Waals surface area contributed by atoms with Gasteiger partial charge in [0.25, 0.3) is 5.91 Å². The van der Waals surface area contributed by atoms with Gasteiger partial charge in [0.2, 0.25) is 0 Å². The van der Waals surface area contributed by atoms with Gasteiger partial charge in [-0.1, -0.05) is 43.1 Å². The summed E-state index contributed by atoms with van der Waals surface area (Å²) >= 11 is 9.29. The molecule has 0 fully saturated rings. The van der Waals surface area contributed by atoms with Gasteiger partial charge in [-0.15, -0.1) is 22.7 Å². The van der Waals surface area contributed by atoms with Crippen LogP contribution >= 0.6 is 34.3 Å². The zero-order valence-electron chi connectivity index (χ0n) is 15.6. The van der Waals surface area contributed by atoms with E-state index in [2.05, 4.69) is 12.2 Å². The van der Waals surface area contributed by atoms with Crippen molar-refractivity contribution in [1.82, 2.24) is 0 Å². The molecule has 2 heterocycles. The number of esters is 1. The molecule has 0 saturated heterocycles. The zero-order valence-corrected chi connectivity index (χ0v) is 18.0. The number of thiophene rings is 2. The van der Waals surface area contributed by atoms with Gasteiger partial charge in [-0.2, -0.15) is 0 Å². The van der Waals surface area contributed by atoms with E-state index >= 15 is 0 Å². The summed E-state index contributed by atoms with van der Waals surface area (Å²) < 4.78 is 5.97. The van der Waals surface area contributed by atoms with Crippen LogP contribution in [0.4, 0.5) is 5.00 Å². The standard InChI is InChI=1S/C21H20ClNO3S2/c1-3-11-8-9-12-15(10-11)28-20(16(12)21(25)26-2)23-19(24)18-17(22)13-6-4-5-7-14(13)27-18/h4-7,11H,3,8-10H2,1-2H3,(H,23,24)/t11-/m0/s1. The lowest BCUT2D eigenvalue weighted by Gasteiger charge is -2.20. The minimum Gasteiger partial charge on any atom is -0.465 e. The van der Waals surface area contributed by atoms with Crippen LogP contribution < -0.4 is 5.32 Å². The van der Waals surface area contributed by atoms with Crippen LogP contribution in [0.3, 0.4) is 0 Å².